The number of hydrogen-bond acceptors (Lipinski definition) is 6. The fourth-order valence-corrected chi connectivity index (χ4v) is 3.78. The normalized spacial score (nSPS) is 16.4. The van der Waals surface area contributed by atoms with Gasteiger partial charge in [0.25, 0.3) is 0 Å². The van der Waals surface area contributed by atoms with Gasteiger partial charge in [0.1, 0.15) is 12.7 Å². The number of benzene rings is 1. The Morgan fingerprint density at radius 1 is 1.17 bits per heavy atom. The van der Waals surface area contributed by atoms with E-state index >= 15 is 0 Å². The van der Waals surface area contributed by atoms with Crippen molar-refractivity contribution in [2.45, 2.75) is 45.8 Å². The van der Waals surface area contributed by atoms with Crippen LogP contribution in [0.5, 0.6) is 11.5 Å². The van der Waals surface area contributed by atoms with Crippen molar-refractivity contribution < 1.29 is 19.3 Å². The smallest absolute Gasteiger partial charge is 0.161 e. The topological polar surface area (TPSA) is 54.4 Å². The summed E-state index contributed by atoms with van der Waals surface area (Å²) >= 11 is 0. The Hall–Kier alpha value is -1.34. The summed E-state index contributed by atoms with van der Waals surface area (Å²) in [7, 11) is 3.81. The second kappa shape index (κ2) is 13.1. The molecule has 1 aliphatic rings. The number of nitrogens with zero attached hydrogens (tertiary/aromatic N) is 2. The van der Waals surface area contributed by atoms with E-state index in [1.165, 1.54) is 24.8 Å². The van der Waals surface area contributed by atoms with Crippen LogP contribution in [0, 0.1) is 5.92 Å². The van der Waals surface area contributed by atoms with Gasteiger partial charge in [0, 0.05) is 26.3 Å². The Morgan fingerprint density at radius 2 is 1.90 bits per heavy atom. The lowest BCUT2D eigenvalue weighted by atomic mass is 9.96. The predicted octanol–water partition coefficient (Wildman–Crippen LogP) is 3.03. The van der Waals surface area contributed by atoms with Crippen molar-refractivity contribution in [3.63, 3.8) is 0 Å². The molecule has 166 valence electrons. The summed E-state index contributed by atoms with van der Waals surface area (Å²) in [5.41, 5.74) is 1.19. The number of methoxy groups -OCH3 is 1. The first-order chi connectivity index (χ1) is 14.0. The van der Waals surface area contributed by atoms with Gasteiger partial charge in [-0.2, -0.15) is 0 Å². The molecule has 0 aliphatic carbocycles. The number of aliphatic hydroxyl groups is 1. The van der Waals surface area contributed by atoms with E-state index in [1.54, 1.807) is 7.11 Å². The minimum atomic E-state index is -0.523. The van der Waals surface area contributed by atoms with Crippen LogP contribution in [0.2, 0.25) is 0 Å². The molecule has 1 aromatic rings. The summed E-state index contributed by atoms with van der Waals surface area (Å²) in [6.45, 7) is 10.7. The molecule has 0 aromatic heterocycles. The first kappa shape index (κ1) is 23.9. The van der Waals surface area contributed by atoms with Gasteiger partial charge in [0.2, 0.25) is 0 Å². The molecule has 0 radical (unpaired) electrons. The lowest BCUT2D eigenvalue weighted by molar-refractivity contribution is 0.0608. The molecule has 1 aliphatic heterocycles. The highest BCUT2D eigenvalue weighted by molar-refractivity contribution is 5.43. The van der Waals surface area contributed by atoms with Crippen molar-refractivity contribution in [1.29, 1.82) is 0 Å². The minimum absolute atomic E-state index is 0.260. The Labute approximate surface area is 176 Å². The SMILES string of the molecule is CCN(CC)CC(O)COc1cc(CN(C)CCC2CCOCC2)ccc1OC. The highest BCUT2D eigenvalue weighted by Gasteiger charge is 2.15. The maximum Gasteiger partial charge on any atom is 0.161 e. The maximum absolute atomic E-state index is 10.3. The van der Waals surface area contributed by atoms with E-state index in [0.717, 1.165) is 45.3 Å². The zero-order chi connectivity index (χ0) is 21.1. The number of hydrogen-bond donors (Lipinski definition) is 1. The average molecular weight is 409 g/mol. The number of likely N-dealkylation sites (N-methyl/N-ethyl adjacent to an activating group) is 1. The molecule has 0 amide bonds. The molecule has 6 heteroatoms. The van der Waals surface area contributed by atoms with Crippen LogP contribution in [-0.2, 0) is 11.3 Å². The molecule has 1 atom stereocenters. The average Bonchev–Trinajstić information content (AvgIpc) is 2.75. The molecule has 6 nitrogen and oxygen atoms in total. The van der Waals surface area contributed by atoms with Gasteiger partial charge in [-0.3, -0.25) is 0 Å². The molecule has 1 unspecified atom stereocenters. The summed E-state index contributed by atoms with van der Waals surface area (Å²) in [5, 5.41) is 10.3. The molecule has 0 spiro atoms. The van der Waals surface area contributed by atoms with E-state index in [2.05, 4.69) is 36.8 Å². The van der Waals surface area contributed by atoms with Crippen LogP contribution in [0.1, 0.15) is 38.7 Å². The van der Waals surface area contributed by atoms with Gasteiger partial charge < -0.3 is 29.1 Å². The molecule has 0 bridgehead atoms. The predicted molar refractivity (Wildman–Crippen MR) is 117 cm³/mol. The molecule has 1 saturated heterocycles. The van der Waals surface area contributed by atoms with E-state index in [4.69, 9.17) is 14.2 Å². The van der Waals surface area contributed by atoms with Crippen molar-refractivity contribution >= 4 is 0 Å². The van der Waals surface area contributed by atoms with Gasteiger partial charge in [-0.1, -0.05) is 19.9 Å². The highest BCUT2D eigenvalue weighted by Crippen LogP contribution is 2.29. The van der Waals surface area contributed by atoms with Gasteiger partial charge in [0.15, 0.2) is 11.5 Å². The van der Waals surface area contributed by atoms with Gasteiger partial charge in [0.05, 0.1) is 7.11 Å². The van der Waals surface area contributed by atoms with Crippen molar-refractivity contribution in [3.05, 3.63) is 23.8 Å². The van der Waals surface area contributed by atoms with Gasteiger partial charge in [-0.05, 0) is 69.6 Å². The highest BCUT2D eigenvalue weighted by atomic mass is 16.5. The quantitative estimate of drug-likeness (QED) is 0.541. The van der Waals surface area contributed by atoms with Gasteiger partial charge in [-0.25, -0.2) is 0 Å². The van der Waals surface area contributed by atoms with Crippen LogP contribution in [0.15, 0.2) is 18.2 Å². The van der Waals surface area contributed by atoms with Crippen molar-refractivity contribution in [3.8, 4) is 11.5 Å². The van der Waals surface area contributed by atoms with Crippen LogP contribution >= 0.6 is 0 Å². The van der Waals surface area contributed by atoms with E-state index in [9.17, 15) is 5.11 Å². The lowest BCUT2D eigenvalue weighted by Gasteiger charge is -2.25. The van der Waals surface area contributed by atoms with E-state index in [1.807, 2.05) is 12.1 Å². The fourth-order valence-electron chi connectivity index (χ4n) is 3.78. The maximum atomic E-state index is 10.3. The number of aliphatic hydroxyl groups excluding tert-OH is 1. The number of ether oxygens (including phenoxy) is 3. The monoisotopic (exact) mass is 408 g/mol. The third kappa shape index (κ3) is 8.51. The summed E-state index contributed by atoms with van der Waals surface area (Å²) in [4.78, 5) is 4.55. The van der Waals surface area contributed by atoms with E-state index < -0.39 is 6.10 Å². The largest absolute Gasteiger partial charge is 0.493 e. The Bertz CT molecular complexity index is 574. The zero-order valence-electron chi connectivity index (χ0n) is 18.7. The van der Waals surface area contributed by atoms with E-state index in [-0.39, 0.29) is 6.61 Å². The van der Waals surface area contributed by atoms with Crippen molar-refractivity contribution in [1.82, 2.24) is 9.80 Å². The van der Waals surface area contributed by atoms with Crippen LogP contribution in [0.25, 0.3) is 0 Å². The molecular formula is C23H40N2O4. The summed E-state index contributed by atoms with van der Waals surface area (Å²) < 4.78 is 16.8. The standard InChI is InChI=1S/C23H40N2O4/c1-5-25(6-2)17-21(26)18-29-23-15-20(7-8-22(23)27-4)16-24(3)12-9-19-10-13-28-14-11-19/h7-8,15,19,21,26H,5-6,9-14,16-18H2,1-4H3. The van der Waals surface area contributed by atoms with Crippen LogP contribution < -0.4 is 9.47 Å². The Morgan fingerprint density at radius 3 is 2.55 bits per heavy atom. The zero-order valence-corrected chi connectivity index (χ0v) is 18.7. The second-order valence-electron chi connectivity index (χ2n) is 8.02. The first-order valence-electron chi connectivity index (χ1n) is 11.0. The first-order valence-corrected chi connectivity index (χ1v) is 11.0. The third-order valence-corrected chi connectivity index (χ3v) is 5.74. The summed E-state index contributed by atoms with van der Waals surface area (Å²) in [6.07, 6.45) is 3.07. The van der Waals surface area contributed by atoms with Gasteiger partial charge >= 0.3 is 0 Å². The molecule has 0 saturated carbocycles. The van der Waals surface area contributed by atoms with Crippen molar-refractivity contribution in [2.75, 3.05) is 60.2 Å². The molecule has 1 fully saturated rings. The van der Waals surface area contributed by atoms with Crippen LogP contribution in [0.3, 0.4) is 0 Å². The molecule has 2 rings (SSSR count). The Kier molecular flexibility index (Phi) is 10.8. The lowest BCUT2D eigenvalue weighted by Crippen LogP contribution is -2.35. The fraction of sp³-hybridized carbons (Fsp3) is 0.739. The van der Waals surface area contributed by atoms with Crippen molar-refractivity contribution in [2.24, 2.45) is 5.92 Å². The third-order valence-electron chi connectivity index (χ3n) is 5.74. The summed E-state index contributed by atoms with van der Waals surface area (Å²) in [5.74, 6) is 2.18. The number of rotatable bonds is 13. The molecule has 1 heterocycles. The molecule has 29 heavy (non-hydrogen) atoms. The van der Waals surface area contributed by atoms with Gasteiger partial charge in [-0.15, -0.1) is 0 Å². The van der Waals surface area contributed by atoms with Crippen LogP contribution in [-0.4, -0.2) is 81.2 Å². The Balaban J connectivity index is 1.86. The molecular weight excluding hydrogens is 368 g/mol. The second-order valence-corrected chi connectivity index (χ2v) is 8.02. The molecule has 1 N–H and O–H groups in total. The molecule has 1 aromatic carbocycles. The van der Waals surface area contributed by atoms with Crippen LogP contribution in [0.4, 0.5) is 0 Å². The summed E-state index contributed by atoms with van der Waals surface area (Å²) in [6, 6.07) is 6.07. The minimum Gasteiger partial charge on any atom is -0.493 e. The van der Waals surface area contributed by atoms with E-state index in [0.29, 0.717) is 18.0 Å².